The Morgan fingerprint density at radius 2 is 2.00 bits per heavy atom. The highest BCUT2D eigenvalue weighted by molar-refractivity contribution is 7.07. The van der Waals surface area contributed by atoms with Gasteiger partial charge in [-0.25, -0.2) is 4.39 Å². The van der Waals surface area contributed by atoms with Crippen molar-refractivity contribution in [3.8, 4) is 11.6 Å². The molecule has 1 aromatic carbocycles. The van der Waals surface area contributed by atoms with E-state index in [-0.39, 0.29) is 16.6 Å². The zero-order chi connectivity index (χ0) is 17.8. The standard InChI is InChI=1S/C17H22FN3O3S/c1-24-15-11-13(18)3-4-14(15)20-9-7-19(8-10-20)5-2-6-21-16(22)12-25-17(21)23/h3-4,11-12,22H,2,5-10H2,1H3. The van der Waals surface area contributed by atoms with Crippen LogP contribution in [0, 0.1) is 5.82 Å². The number of piperazine rings is 1. The zero-order valence-electron chi connectivity index (χ0n) is 14.2. The van der Waals surface area contributed by atoms with Crippen molar-refractivity contribution >= 4 is 17.0 Å². The van der Waals surface area contributed by atoms with Crippen LogP contribution in [-0.2, 0) is 6.54 Å². The summed E-state index contributed by atoms with van der Waals surface area (Å²) in [4.78, 5) is 16.0. The van der Waals surface area contributed by atoms with Crippen molar-refractivity contribution in [3.63, 3.8) is 0 Å². The van der Waals surface area contributed by atoms with Crippen molar-refractivity contribution in [2.24, 2.45) is 0 Å². The Labute approximate surface area is 149 Å². The fourth-order valence-electron chi connectivity index (χ4n) is 3.11. The van der Waals surface area contributed by atoms with Crippen molar-refractivity contribution in [2.75, 3.05) is 44.7 Å². The molecule has 1 saturated heterocycles. The Hall–Kier alpha value is -2.06. The molecule has 25 heavy (non-hydrogen) atoms. The second-order valence-electron chi connectivity index (χ2n) is 6.01. The van der Waals surface area contributed by atoms with Gasteiger partial charge in [-0.05, 0) is 25.1 Å². The third kappa shape index (κ3) is 4.13. The predicted octanol–water partition coefficient (Wildman–Crippen LogP) is 1.98. The quantitative estimate of drug-likeness (QED) is 0.846. The van der Waals surface area contributed by atoms with Crippen LogP contribution in [0.4, 0.5) is 10.1 Å². The first-order valence-electron chi connectivity index (χ1n) is 8.26. The largest absolute Gasteiger partial charge is 0.494 e. The van der Waals surface area contributed by atoms with E-state index >= 15 is 0 Å². The van der Waals surface area contributed by atoms with Gasteiger partial charge in [0.2, 0.25) is 5.88 Å². The molecule has 0 bridgehead atoms. The molecule has 2 heterocycles. The lowest BCUT2D eigenvalue weighted by atomic mass is 10.2. The Morgan fingerprint density at radius 3 is 2.64 bits per heavy atom. The molecule has 3 rings (SSSR count). The second kappa shape index (κ2) is 7.88. The summed E-state index contributed by atoms with van der Waals surface area (Å²) in [5.41, 5.74) is 0.915. The molecule has 0 radical (unpaired) electrons. The highest BCUT2D eigenvalue weighted by atomic mass is 32.1. The zero-order valence-corrected chi connectivity index (χ0v) is 15.0. The molecule has 2 aromatic rings. The fourth-order valence-corrected chi connectivity index (χ4v) is 3.75. The van der Waals surface area contributed by atoms with Gasteiger partial charge >= 0.3 is 4.87 Å². The van der Waals surface area contributed by atoms with Crippen LogP contribution in [0.15, 0.2) is 28.4 Å². The van der Waals surface area contributed by atoms with E-state index in [4.69, 9.17) is 4.74 Å². The lowest BCUT2D eigenvalue weighted by molar-refractivity contribution is 0.247. The van der Waals surface area contributed by atoms with E-state index in [0.29, 0.717) is 12.3 Å². The van der Waals surface area contributed by atoms with Crippen LogP contribution in [0.2, 0.25) is 0 Å². The van der Waals surface area contributed by atoms with Crippen LogP contribution < -0.4 is 14.5 Å². The number of benzene rings is 1. The summed E-state index contributed by atoms with van der Waals surface area (Å²) in [5.74, 6) is 0.301. The second-order valence-corrected chi connectivity index (χ2v) is 6.83. The van der Waals surface area contributed by atoms with Crippen molar-refractivity contribution in [3.05, 3.63) is 39.1 Å². The van der Waals surface area contributed by atoms with Gasteiger partial charge < -0.3 is 14.7 Å². The van der Waals surface area contributed by atoms with Crippen molar-refractivity contribution in [1.29, 1.82) is 0 Å². The Bertz CT molecular complexity index is 769. The number of rotatable bonds is 6. The molecule has 0 amide bonds. The number of thiazole rings is 1. The normalized spacial score (nSPS) is 15.5. The third-order valence-corrected chi connectivity index (χ3v) is 5.22. The fraction of sp³-hybridized carbons (Fsp3) is 0.471. The predicted molar refractivity (Wildman–Crippen MR) is 96.5 cm³/mol. The van der Waals surface area contributed by atoms with Crippen molar-refractivity contribution in [1.82, 2.24) is 9.47 Å². The minimum atomic E-state index is -0.300. The Kier molecular flexibility index (Phi) is 5.60. The first-order chi connectivity index (χ1) is 12.1. The molecule has 0 unspecified atom stereocenters. The number of methoxy groups -OCH3 is 1. The molecule has 1 fully saturated rings. The molecule has 0 aliphatic carbocycles. The van der Waals surface area contributed by atoms with E-state index < -0.39 is 0 Å². The first-order valence-corrected chi connectivity index (χ1v) is 9.14. The number of ether oxygens (including phenoxy) is 1. The summed E-state index contributed by atoms with van der Waals surface area (Å²) >= 11 is 1.02. The van der Waals surface area contributed by atoms with Gasteiger partial charge in [0, 0.05) is 38.8 Å². The molecule has 0 saturated carbocycles. The van der Waals surface area contributed by atoms with E-state index in [1.54, 1.807) is 13.2 Å². The topological polar surface area (TPSA) is 57.9 Å². The summed E-state index contributed by atoms with van der Waals surface area (Å²) in [6.07, 6.45) is 0.810. The summed E-state index contributed by atoms with van der Waals surface area (Å²) in [5, 5.41) is 11.1. The summed E-state index contributed by atoms with van der Waals surface area (Å²) in [6, 6.07) is 4.62. The number of aromatic hydroxyl groups is 1. The SMILES string of the molecule is COc1cc(F)ccc1N1CCN(CCCn2c(O)csc2=O)CC1. The van der Waals surface area contributed by atoms with Gasteiger partial charge in [-0.3, -0.25) is 14.3 Å². The maximum Gasteiger partial charge on any atom is 0.309 e. The average Bonchev–Trinajstić information content (AvgIpc) is 2.94. The number of hydrogen-bond donors (Lipinski definition) is 1. The summed E-state index contributed by atoms with van der Waals surface area (Å²) in [6.45, 7) is 4.86. The molecule has 1 aliphatic rings. The summed E-state index contributed by atoms with van der Waals surface area (Å²) in [7, 11) is 1.55. The monoisotopic (exact) mass is 367 g/mol. The van der Waals surface area contributed by atoms with Gasteiger partial charge in [0.25, 0.3) is 0 Å². The minimum absolute atomic E-state index is 0.0447. The third-order valence-electron chi connectivity index (χ3n) is 4.47. The molecule has 136 valence electrons. The van der Waals surface area contributed by atoms with Gasteiger partial charge in [-0.1, -0.05) is 11.3 Å². The number of hydrogen-bond acceptors (Lipinski definition) is 6. The number of aromatic nitrogens is 1. The lowest BCUT2D eigenvalue weighted by Crippen LogP contribution is -2.46. The van der Waals surface area contributed by atoms with Crippen molar-refractivity contribution in [2.45, 2.75) is 13.0 Å². The van der Waals surface area contributed by atoms with E-state index in [1.807, 2.05) is 0 Å². The highest BCUT2D eigenvalue weighted by Crippen LogP contribution is 2.29. The summed E-state index contributed by atoms with van der Waals surface area (Å²) < 4.78 is 20.0. The Balaban J connectivity index is 1.50. The molecular formula is C17H22FN3O3S. The van der Waals surface area contributed by atoms with Crippen molar-refractivity contribution < 1.29 is 14.2 Å². The lowest BCUT2D eigenvalue weighted by Gasteiger charge is -2.36. The first kappa shape index (κ1) is 17.8. The molecule has 6 nitrogen and oxygen atoms in total. The van der Waals surface area contributed by atoms with Gasteiger partial charge in [-0.15, -0.1) is 0 Å². The van der Waals surface area contributed by atoms with Crippen LogP contribution in [0.25, 0.3) is 0 Å². The number of anilines is 1. The number of halogens is 1. The molecular weight excluding hydrogens is 345 g/mol. The molecule has 0 spiro atoms. The smallest absolute Gasteiger partial charge is 0.309 e. The van der Waals surface area contributed by atoms with Crippen LogP contribution >= 0.6 is 11.3 Å². The average molecular weight is 367 g/mol. The number of nitrogens with zero attached hydrogens (tertiary/aromatic N) is 3. The molecule has 8 heteroatoms. The maximum absolute atomic E-state index is 13.3. The van der Waals surface area contributed by atoms with E-state index in [1.165, 1.54) is 22.1 Å². The van der Waals surface area contributed by atoms with Crippen LogP contribution in [0.3, 0.4) is 0 Å². The molecule has 1 aromatic heterocycles. The van der Waals surface area contributed by atoms with Gasteiger partial charge in [0.15, 0.2) is 0 Å². The van der Waals surface area contributed by atoms with E-state index in [2.05, 4.69) is 9.80 Å². The molecule has 1 aliphatic heterocycles. The van der Waals surface area contributed by atoms with Gasteiger partial charge in [0.05, 0.1) is 18.2 Å². The van der Waals surface area contributed by atoms with Crippen LogP contribution in [0.5, 0.6) is 11.6 Å². The minimum Gasteiger partial charge on any atom is -0.494 e. The maximum atomic E-state index is 13.3. The molecule has 0 atom stereocenters. The Morgan fingerprint density at radius 1 is 1.24 bits per heavy atom. The van der Waals surface area contributed by atoms with Crippen LogP contribution in [0.1, 0.15) is 6.42 Å². The van der Waals surface area contributed by atoms with Crippen LogP contribution in [-0.4, -0.2) is 54.4 Å². The highest BCUT2D eigenvalue weighted by Gasteiger charge is 2.20. The molecule has 1 N–H and O–H groups in total. The van der Waals surface area contributed by atoms with Gasteiger partial charge in [0.1, 0.15) is 11.6 Å². The van der Waals surface area contributed by atoms with E-state index in [9.17, 15) is 14.3 Å². The van der Waals surface area contributed by atoms with Gasteiger partial charge in [-0.2, -0.15) is 0 Å². The van der Waals surface area contributed by atoms with E-state index in [0.717, 1.165) is 56.2 Å².